The Balaban J connectivity index is 2.17. The van der Waals surface area contributed by atoms with Crippen LogP contribution in [0.25, 0.3) is 0 Å². The summed E-state index contributed by atoms with van der Waals surface area (Å²) in [6, 6.07) is 1.53. The molecule has 1 fully saturated rings. The molecular weight excluding hydrogens is 260 g/mol. The van der Waals surface area contributed by atoms with Crippen LogP contribution in [0.1, 0.15) is 36.0 Å². The maximum absolute atomic E-state index is 12.0. The van der Waals surface area contributed by atoms with Crippen LogP contribution in [0.2, 0.25) is 5.22 Å². The molecule has 2 rings (SSSR count). The Kier molecular flexibility index (Phi) is 3.40. The minimum atomic E-state index is -0.562. The Morgan fingerprint density at radius 2 is 2.18 bits per heavy atom. The van der Waals surface area contributed by atoms with Crippen LogP contribution in [-0.2, 0) is 0 Å². The maximum atomic E-state index is 12.0. The van der Waals surface area contributed by atoms with Gasteiger partial charge in [0.25, 0.3) is 5.91 Å². The lowest BCUT2D eigenvalue weighted by Gasteiger charge is -2.28. The molecule has 0 aromatic carbocycles. The third-order valence-corrected chi connectivity index (χ3v) is 3.83. The fourth-order valence-electron chi connectivity index (χ4n) is 2.15. The average Bonchev–Trinajstić information content (AvgIpc) is 2.87. The van der Waals surface area contributed by atoms with Crippen LogP contribution >= 0.6 is 23.8 Å². The molecule has 0 aliphatic heterocycles. The van der Waals surface area contributed by atoms with E-state index in [-0.39, 0.29) is 11.1 Å². The summed E-state index contributed by atoms with van der Waals surface area (Å²) in [6.07, 6.45) is 4.96. The van der Waals surface area contributed by atoms with Gasteiger partial charge in [-0.05, 0) is 30.5 Å². The van der Waals surface area contributed by atoms with Crippen molar-refractivity contribution in [2.45, 2.75) is 31.2 Å². The molecule has 1 heterocycles. The molecule has 0 saturated heterocycles. The van der Waals surface area contributed by atoms with Crippen molar-refractivity contribution in [2.24, 2.45) is 5.73 Å². The summed E-state index contributed by atoms with van der Waals surface area (Å²) in [5.41, 5.74) is 5.48. The summed E-state index contributed by atoms with van der Waals surface area (Å²) >= 11 is 10.8. The number of hydrogen-bond acceptors (Lipinski definition) is 3. The Bertz CT molecular complexity index is 452. The van der Waals surface area contributed by atoms with E-state index in [1.807, 2.05) is 0 Å². The quantitative estimate of drug-likeness (QED) is 0.828. The molecule has 0 spiro atoms. The second kappa shape index (κ2) is 4.66. The van der Waals surface area contributed by atoms with Gasteiger partial charge in [-0.3, -0.25) is 4.79 Å². The van der Waals surface area contributed by atoms with E-state index in [2.05, 4.69) is 5.32 Å². The second-order valence-corrected chi connectivity index (χ2v) is 5.00. The van der Waals surface area contributed by atoms with Crippen LogP contribution in [0, 0.1) is 0 Å². The Morgan fingerprint density at radius 1 is 1.53 bits per heavy atom. The SMILES string of the molecule is NC(=S)C1(NC(=O)c2ccoc2Cl)CCCC1. The summed E-state index contributed by atoms with van der Waals surface area (Å²) in [4.78, 5) is 12.4. The predicted molar refractivity (Wildman–Crippen MR) is 69.2 cm³/mol. The average molecular weight is 273 g/mol. The van der Waals surface area contributed by atoms with Crippen LogP contribution in [-0.4, -0.2) is 16.4 Å². The number of nitrogens with one attached hydrogen (secondary N) is 1. The van der Waals surface area contributed by atoms with Gasteiger partial charge in [-0.1, -0.05) is 25.1 Å². The first kappa shape index (κ1) is 12.4. The van der Waals surface area contributed by atoms with Crippen molar-refractivity contribution in [3.05, 3.63) is 23.1 Å². The molecule has 4 nitrogen and oxygen atoms in total. The van der Waals surface area contributed by atoms with Crippen LogP contribution in [0.15, 0.2) is 16.7 Å². The van der Waals surface area contributed by atoms with Crippen molar-refractivity contribution in [2.75, 3.05) is 0 Å². The number of furan rings is 1. The first-order chi connectivity index (χ1) is 8.05. The first-order valence-corrected chi connectivity index (χ1v) is 6.19. The zero-order chi connectivity index (χ0) is 12.5. The topological polar surface area (TPSA) is 68.3 Å². The monoisotopic (exact) mass is 272 g/mol. The molecule has 0 atom stereocenters. The zero-order valence-corrected chi connectivity index (χ0v) is 10.7. The minimum Gasteiger partial charge on any atom is -0.452 e. The molecule has 1 aliphatic carbocycles. The molecule has 92 valence electrons. The summed E-state index contributed by atoms with van der Waals surface area (Å²) < 4.78 is 4.88. The van der Waals surface area contributed by atoms with E-state index < -0.39 is 5.54 Å². The molecular formula is C11H13ClN2O2S. The van der Waals surface area contributed by atoms with E-state index in [1.165, 1.54) is 12.3 Å². The lowest BCUT2D eigenvalue weighted by Crippen LogP contribution is -2.54. The smallest absolute Gasteiger partial charge is 0.256 e. The lowest BCUT2D eigenvalue weighted by atomic mass is 9.97. The zero-order valence-electron chi connectivity index (χ0n) is 9.16. The number of carbonyl (C=O) groups excluding carboxylic acids is 1. The molecule has 0 unspecified atom stereocenters. The van der Waals surface area contributed by atoms with Crippen LogP contribution in [0.4, 0.5) is 0 Å². The molecule has 0 bridgehead atoms. The summed E-state index contributed by atoms with van der Waals surface area (Å²) in [7, 11) is 0. The molecule has 6 heteroatoms. The van der Waals surface area contributed by atoms with Gasteiger partial charge in [-0.25, -0.2) is 0 Å². The van der Waals surface area contributed by atoms with Crippen molar-refractivity contribution in [1.29, 1.82) is 0 Å². The largest absolute Gasteiger partial charge is 0.452 e. The highest BCUT2D eigenvalue weighted by Gasteiger charge is 2.38. The van der Waals surface area contributed by atoms with Gasteiger partial charge in [0.2, 0.25) is 5.22 Å². The molecule has 1 aliphatic rings. The highest BCUT2D eigenvalue weighted by Crippen LogP contribution is 2.30. The Morgan fingerprint density at radius 3 is 2.65 bits per heavy atom. The minimum absolute atomic E-state index is 0.0820. The third-order valence-electron chi connectivity index (χ3n) is 3.14. The van der Waals surface area contributed by atoms with Gasteiger partial charge in [-0.2, -0.15) is 0 Å². The van der Waals surface area contributed by atoms with Crippen LogP contribution in [0.3, 0.4) is 0 Å². The number of hydrogen-bond donors (Lipinski definition) is 2. The van der Waals surface area contributed by atoms with Gasteiger partial charge in [0.15, 0.2) is 0 Å². The van der Waals surface area contributed by atoms with Gasteiger partial charge >= 0.3 is 0 Å². The first-order valence-electron chi connectivity index (χ1n) is 5.40. The fraction of sp³-hybridized carbons (Fsp3) is 0.455. The summed E-state index contributed by atoms with van der Waals surface area (Å²) in [6.45, 7) is 0. The number of nitrogens with two attached hydrogens (primary N) is 1. The highest BCUT2D eigenvalue weighted by atomic mass is 35.5. The van der Waals surface area contributed by atoms with Crippen molar-refractivity contribution < 1.29 is 9.21 Å². The van der Waals surface area contributed by atoms with Crippen LogP contribution < -0.4 is 11.1 Å². The Labute approximate surface area is 109 Å². The van der Waals surface area contributed by atoms with Gasteiger partial charge in [-0.15, -0.1) is 0 Å². The number of carbonyl (C=O) groups is 1. The second-order valence-electron chi connectivity index (χ2n) is 4.22. The van der Waals surface area contributed by atoms with Gasteiger partial charge in [0.05, 0.1) is 22.4 Å². The van der Waals surface area contributed by atoms with Crippen LogP contribution in [0.5, 0.6) is 0 Å². The molecule has 1 saturated carbocycles. The molecule has 1 aromatic rings. The van der Waals surface area contributed by atoms with Crippen molar-refractivity contribution in [1.82, 2.24) is 5.32 Å². The molecule has 0 radical (unpaired) electrons. The van der Waals surface area contributed by atoms with E-state index in [4.69, 9.17) is 34.0 Å². The number of amides is 1. The number of rotatable bonds is 3. The third kappa shape index (κ3) is 2.30. The standard InChI is InChI=1S/C11H13ClN2O2S/c12-8-7(3-6-16-8)9(15)14-11(10(13)17)4-1-2-5-11/h3,6H,1-2,4-5H2,(H2,13,17)(H,14,15). The number of halogens is 1. The molecule has 3 N–H and O–H groups in total. The fourth-order valence-corrected chi connectivity index (χ4v) is 2.61. The summed E-state index contributed by atoms with van der Waals surface area (Å²) in [5.74, 6) is -0.293. The maximum Gasteiger partial charge on any atom is 0.256 e. The normalized spacial score (nSPS) is 17.9. The molecule has 17 heavy (non-hydrogen) atoms. The van der Waals surface area contributed by atoms with E-state index in [1.54, 1.807) is 0 Å². The van der Waals surface area contributed by atoms with Gasteiger partial charge in [0, 0.05) is 0 Å². The van der Waals surface area contributed by atoms with Gasteiger partial charge in [0.1, 0.15) is 0 Å². The van der Waals surface area contributed by atoms with Crippen molar-refractivity contribution >= 4 is 34.7 Å². The van der Waals surface area contributed by atoms with E-state index in [0.29, 0.717) is 10.6 Å². The Hall–Kier alpha value is -1.07. The van der Waals surface area contributed by atoms with E-state index in [0.717, 1.165) is 25.7 Å². The van der Waals surface area contributed by atoms with Crippen molar-refractivity contribution in [3.8, 4) is 0 Å². The highest BCUT2D eigenvalue weighted by molar-refractivity contribution is 7.80. The van der Waals surface area contributed by atoms with E-state index in [9.17, 15) is 4.79 Å². The lowest BCUT2D eigenvalue weighted by molar-refractivity contribution is 0.0924. The summed E-state index contributed by atoms with van der Waals surface area (Å²) in [5, 5.41) is 2.97. The van der Waals surface area contributed by atoms with Gasteiger partial charge < -0.3 is 15.5 Å². The van der Waals surface area contributed by atoms with Crippen molar-refractivity contribution in [3.63, 3.8) is 0 Å². The van der Waals surface area contributed by atoms with E-state index >= 15 is 0 Å². The predicted octanol–water partition coefficient (Wildman–Crippen LogP) is 2.26. The number of thiocarbonyl (C=S) groups is 1. The molecule has 1 amide bonds. The molecule has 1 aromatic heterocycles.